The number of halogens is 1. The maximum atomic E-state index is 11.6. The molecule has 0 unspecified atom stereocenters. The van der Waals surface area contributed by atoms with Crippen LogP contribution in [0.5, 0.6) is 0 Å². The van der Waals surface area contributed by atoms with Crippen molar-refractivity contribution >= 4 is 24.3 Å². The second-order valence-electron chi connectivity index (χ2n) is 5.60. The Morgan fingerprint density at radius 2 is 1.85 bits per heavy atom. The third kappa shape index (κ3) is 12.2. The molecule has 0 spiro atoms. The third-order valence-corrected chi connectivity index (χ3v) is 2.88. The van der Waals surface area contributed by atoms with E-state index in [1.807, 2.05) is 13.8 Å². The van der Waals surface area contributed by atoms with Crippen molar-refractivity contribution in [2.24, 2.45) is 11.1 Å². The van der Waals surface area contributed by atoms with Gasteiger partial charge >= 0.3 is 5.97 Å². The molecule has 0 fully saturated rings. The third-order valence-electron chi connectivity index (χ3n) is 2.88. The zero-order valence-electron chi connectivity index (χ0n) is 12.9. The SMILES string of the molecule is CCCCCCOC(=O)CNC(=O)CC(C)(C)CN.Cl. The van der Waals surface area contributed by atoms with Crippen molar-refractivity contribution in [1.29, 1.82) is 0 Å². The van der Waals surface area contributed by atoms with Crippen molar-refractivity contribution in [2.75, 3.05) is 19.7 Å². The highest BCUT2D eigenvalue weighted by molar-refractivity contribution is 5.85. The van der Waals surface area contributed by atoms with Crippen molar-refractivity contribution in [1.82, 2.24) is 5.32 Å². The Morgan fingerprint density at radius 1 is 1.20 bits per heavy atom. The van der Waals surface area contributed by atoms with Gasteiger partial charge in [0.2, 0.25) is 5.91 Å². The molecule has 0 bridgehead atoms. The van der Waals surface area contributed by atoms with Gasteiger partial charge in [0.15, 0.2) is 0 Å². The molecule has 0 aromatic heterocycles. The van der Waals surface area contributed by atoms with Crippen LogP contribution in [0.4, 0.5) is 0 Å². The van der Waals surface area contributed by atoms with Crippen LogP contribution in [-0.4, -0.2) is 31.6 Å². The van der Waals surface area contributed by atoms with Crippen LogP contribution in [0.3, 0.4) is 0 Å². The summed E-state index contributed by atoms with van der Waals surface area (Å²) in [4.78, 5) is 22.9. The molecule has 0 rings (SSSR count). The first-order valence-electron chi connectivity index (χ1n) is 7.03. The minimum atomic E-state index is -0.379. The van der Waals surface area contributed by atoms with Crippen LogP contribution in [0.15, 0.2) is 0 Å². The zero-order valence-corrected chi connectivity index (χ0v) is 13.7. The summed E-state index contributed by atoms with van der Waals surface area (Å²) in [5, 5.41) is 2.56. The van der Waals surface area contributed by atoms with E-state index >= 15 is 0 Å². The highest BCUT2D eigenvalue weighted by Gasteiger charge is 2.20. The molecular weight excluding hydrogens is 280 g/mol. The molecule has 0 aliphatic heterocycles. The largest absolute Gasteiger partial charge is 0.464 e. The normalized spacial score (nSPS) is 10.6. The van der Waals surface area contributed by atoms with E-state index < -0.39 is 0 Å². The van der Waals surface area contributed by atoms with Crippen LogP contribution in [0.2, 0.25) is 0 Å². The molecule has 0 aromatic carbocycles. The molecule has 0 atom stereocenters. The fourth-order valence-corrected chi connectivity index (χ4v) is 1.51. The lowest BCUT2D eigenvalue weighted by atomic mass is 9.89. The van der Waals surface area contributed by atoms with E-state index in [0.29, 0.717) is 19.6 Å². The van der Waals surface area contributed by atoms with Crippen molar-refractivity contribution in [3.63, 3.8) is 0 Å². The molecular formula is C14H29ClN2O3. The maximum absolute atomic E-state index is 11.6. The average molecular weight is 309 g/mol. The maximum Gasteiger partial charge on any atom is 0.325 e. The number of carbonyl (C=O) groups excluding carboxylic acids is 2. The molecule has 0 aromatic rings. The Labute approximate surface area is 128 Å². The van der Waals surface area contributed by atoms with Gasteiger partial charge in [-0.3, -0.25) is 9.59 Å². The molecule has 0 heterocycles. The van der Waals surface area contributed by atoms with Crippen LogP contribution >= 0.6 is 12.4 Å². The van der Waals surface area contributed by atoms with Crippen molar-refractivity contribution < 1.29 is 14.3 Å². The summed E-state index contributed by atoms with van der Waals surface area (Å²) in [7, 11) is 0. The lowest BCUT2D eigenvalue weighted by Gasteiger charge is -2.21. The smallest absolute Gasteiger partial charge is 0.325 e. The van der Waals surface area contributed by atoms with E-state index in [0.717, 1.165) is 25.7 Å². The average Bonchev–Trinajstić information content (AvgIpc) is 2.35. The number of hydrogen-bond acceptors (Lipinski definition) is 4. The lowest BCUT2D eigenvalue weighted by molar-refractivity contribution is -0.144. The number of amides is 1. The summed E-state index contributed by atoms with van der Waals surface area (Å²) in [5.41, 5.74) is 5.30. The number of unbranched alkanes of at least 4 members (excludes halogenated alkanes) is 3. The van der Waals surface area contributed by atoms with E-state index in [1.165, 1.54) is 0 Å². The van der Waals surface area contributed by atoms with E-state index in [4.69, 9.17) is 10.5 Å². The van der Waals surface area contributed by atoms with Gasteiger partial charge in [0.25, 0.3) is 0 Å². The highest BCUT2D eigenvalue weighted by atomic mass is 35.5. The molecule has 5 nitrogen and oxygen atoms in total. The number of rotatable bonds is 10. The van der Waals surface area contributed by atoms with Crippen molar-refractivity contribution in [3.05, 3.63) is 0 Å². The van der Waals surface area contributed by atoms with Gasteiger partial charge in [0.05, 0.1) is 6.61 Å². The number of hydrogen-bond donors (Lipinski definition) is 2. The molecule has 3 N–H and O–H groups in total. The zero-order chi connectivity index (χ0) is 14.7. The summed E-state index contributed by atoms with van der Waals surface area (Å²) in [5.74, 6) is -0.547. The minimum absolute atomic E-state index is 0. The van der Waals surface area contributed by atoms with Crippen LogP contribution in [0.1, 0.15) is 52.9 Å². The fourth-order valence-electron chi connectivity index (χ4n) is 1.51. The molecule has 0 aliphatic carbocycles. The number of esters is 1. The molecule has 120 valence electrons. The summed E-state index contributed by atoms with van der Waals surface area (Å²) >= 11 is 0. The number of nitrogens with two attached hydrogens (primary N) is 1. The molecule has 0 saturated heterocycles. The standard InChI is InChI=1S/C14H28N2O3.ClH/c1-4-5-6-7-8-19-13(18)10-16-12(17)9-14(2,3)11-15;/h4-11,15H2,1-3H3,(H,16,17);1H. The van der Waals surface area contributed by atoms with Crippen LogP contribution in [0, 0.1) is 5.41 Å². The quantitative estimate of drug-likeness (QED) is 0.478. The number of ether oxygens (including phenoxy) is 1. The minimum Gasteiger partial charge on any atom is -0.464 e. The molecule has 0 radical (unpaired) electrons. The van der Waals surface area contributed by atoms with E-state index in [-0.39, 0.29) is 36.2 Å². The van der Waals surface area contributed by atoms with Gasteiger partial charge in [-0.05, 0) is 18.4 Å². The molecule has 20 heavy (non-hydrogen) atoms. The Hall–Kier alpha value is -0.810. The van der Waals surface area contributed by atoms with Crippen LogP contribution < -0.4 is 11.1 Å². The Balaban J connectivity index is 0. The van der Waals surface area contributed by atoms with Crippen LogP contribution in [-0.2, 0) is 14.3 Å². The predicted molar refractivity (Wildman–Crippen MR) is 82.8 cm³/mol. The topological polar surface area (TPSA) is 81.4 Å². The Morgan fingerprint density at radius 3 is 2.40 bits per heavy atom. The van der Waals surface area contributed by atoms with E-state index in [1.54, 1.807) is 0 Å². The first kappa shape index (κ1) is 21.5. The fraction of sp³-hybridized carbons (Fsp3) is 0.857. The summed E-state index contributed by atoms with van der Waals surface area (Å²) in [6, 6.07) is 0. The predicted octanol–water partition coefficient (Wildman–Crippen LogP) is 2.02. The van der Waals surface area contributed by atoms with E-state index in [9.17, 15) is 9.59 Å². The van der Waals surface area contributed by atoms with Gasteiger partial charge in [-0.25, -0.2) is 0 Å². The summed E-state index contributed by atoms with van der Waals surface area (Å²) in [6.45, 7) is 6.76. The lowest BCUT2D eigenvalue weighted by Crippen LogP contribution is -2.36. The molecule has 6 heteroatoms. The second kappa shape index (κ2) is 12.0. The summed E-state index contributed by atoms with van der Waals surface area (Å²) in [6.07, 6.45) is 4.57. The number of carbonyl (C=O) groups is 2. The van der Waals surface area contributed by atoms with Crippen molar-refractivity contribution in [3.8, 4) is 0 Å². The molecule has 0 aliphatic rings. The number of nitrogens with one attached hydrogen (secondary N) is 1. The molecule has 1 amide bonds. The van der Waals surface area contributed by atoms with Gasteiger partial charge in [0, 0.05) is 6.42 Å². The van der Waals surface area contributed by atoms with Gasteiger partial charge < -0.3 is 15.8 Å². The molecule has 0 saturated carbocycles. The summed E-state index contributed by atoms with van der Waals surface area (Å²) < 4.78 is 5.02. The Bertz CT molecular complexity index is 284. The van der Waals surface area contributed by atoms with Crippen molar-refractivity contribution in [2.45, 2.75) is 52.9 Å². The first-order chi connectivity index (χ1) is 8.91. The first-order valence-corrected chi connectivity index (χ1v) is 7.03. The van der Waals surface area contributed by atoms with Gasteiger partial charge in [0.1, 0.15) is 6.54 Å². The van der Waals surface area contributed by atoms with Gasteiger partial charge in [-0.1, -0.05) is 40.0 Å². The van der Waals surface area contributed by atoms with Gasteiger partial charge in [-0.2, -0.15) is 0 Å². The second-order valence-corrected chi connectivity index (χ2v) is 5.60. The monoisotopic (exact) mass is 308 g/mol. The van der Waals surface area contributed by atoms with E-state index in [2.05, 4.69) is 12.2 Å². The highest BCUT2D eigenvalue weighted by Crippen LogP contribution is 2.17. The Kier molecular flexibility index (Phi) is 12.9. The van der Waals surface area contributed by atoms with Crippen LogP contribution in [0.25, 0.3) is 0 Å². The van der Waals surface area contributed by atoms with Gasteiger partial charge in [-0.15, -0.1) is 12.4 Å².